The largest absolute Gasteiger partial charge is 0.324 e. The van der Waals surface area contributed by atoms with Crippen molar-refractivity contribution in [1.29, 1.82) is 0 Å². The maximum atomic E-state index is 4.81. The summed E-state index contributed by atoms with van der Waals surface area (Å²) in [6.07, 6.45) is 0. The summed E-state index contributed by atoms with van der Waals surface area (Å²) in [5, 5.41) is 0. The van der Waals surface area contributed by atoms with Crippen molar-refractivity contribution < 1.29 is 0 Å². The van der Waals surface area contributed by atoms with E-state index in [1.54, 1.807) is 0 Å². The number of aromatic nitrogens is 2. The van der Waals surface area contributed by atoms with E-state index in [1.165, 1.54) is 22.2 Å². The smallest absolute Gasteiger partial charge is 0.141 e. The van der Waals surface area contributed by atoms with Gasteiger partial charge in [-0.05, 0) is 38.5 Å². The van der Waals surface area contributed by atoms with Gasteiger partial charge in [-0.15, -0.1) is 0 Å². The molecule has 0 bridgehead atoms. The van der Waals surface area contributed by atoms with Crippen molar-refractivity contribution in [3.05, 3.63) is 53.6 Å². The van der Waals surface area contributed by atoms with Crippen LogP contribution in [0.3, 0.4) is 0 Å². The van der Waals surface area contributed by atoms with E-state index in [0.717, 1.165) is 17.9 Å². The van der Waals surface area contributed by atoms with Crippen LogP contribution in [0.15, 0.2) is 42.5 Å². The molecular formula is C17H18N2. The summed E-state index contributed by atoms with van der Waals surface area (Å²) < 4.78 is 2.28. The molecule has 1 heterocycles. The molecule has 0 aliphatic rings. The maximum Gasteiger partial charge on any atom is 0.141 e. The standard InChI is InChI=1S/C17H18N2/c1-4-19-16-8-6-5-7-15(16)18-17(19)14-10-9-12(2)11-13(14)3/h5-11H,4H2,1-3H3. The van der Waals surface area contributed by atoms with Crippen LogP contribution in [-0.2, 0) is 6.54 Å². The lowest BCUT2D eigenvalue weighted by molar-refractivity contribution is 0.796. The van der Waals surface area contributed by atoms with Crippen molar-refractivity contribution in [2.24, 2.45) is 0 Å². The summed E-state index contributed by atoms with van der Waals surface area (Å²) >= 11 is 0. The predicted octanol–water partition coefficient (Wildman–Crippen LogP) is 4.34. The van der Waals surface area contributed by atoms with E-state index in [4.69, 9.17) is 4.98 Å². The highest BCUT2D eigenvalue weighted by atomic mass is 15.1. The van der Waals surface area contributed by atoms with Gasteiger partial charge >= 0.3 is 0 Å². The van der Waals surface area contributed by atoms with Crippen LogP contribution in [0.2, 0.25) is 0 Å². The van der Waals surface area contributed by atoms with Crippen molar-refractivity contribution in [1.82, 2.24) is 9.55 Å². The molecule has 1 aromatic heterocycles. The van der Waals surface area contributed by atoms with E-state index in [-0.39, 0.29) is 0 Å². The molecule has 0 atom stereocenters. The van der Waals surface area contributed by atoms with Crippen LogP contribution in [0.4, 0.5) is 0 Å². The average molecular weight is 250 g/mol. The molecule has 0 fully saturated rings. The van der Waals surface area contributed by atoms with Gasteiger partial charge in [0.2, 0.25) is 0 Å². The quantitative estimate of drug-likeness (QED) is 0.661. The predicted molar refractivity (Wildman–Crippen MR) is 80.3 cm³/mol. The number of imidazole rings is 1. The monoisotopic (exact) mass is 250 g/mol. The molecule has 0 N–H and O–H groups in total. The third-order valence-electron chi connectivity index (χ3n) is 3.59. The van der Waals surface area contributed by atoms with Gasteiger partial charge in [0.25, 0.3) is 0 Å². The number of fused-ring (bicyclic) bond motifs is 1. The molecule has 3 aromatic rings. The third kappa shape index (κ3) is 1.93. The van der Waals surface area contributed by atoms with Crippen LogP contribution >= 0.6 is 0 Å². The first-order valence-electron chi connectivity index (χ1n) is 6.73. The van der Waals surface area contributed by atoms with Crippen LogP contribution < -0.4 is 0 Å². The van der Waals surface area contributed by atoms with Crippen molar-refractivity contribution in [3.8, 4) is 11.4 Å². The molecule has 2 heteroatoms. The molecular weight excluding hydrogens is 232 g/mol. The lowest BCUT2D eigenvalue weighted by Crippen LogP contribution is -1.98. The van der Waals surface area contributed by atoms with E-state index >= 15 is 0 Å². The number of hydrogen-bond donors (Lipinski definition) is 0. The normalized spacial score (nSPS) is 11.1. The van der Waals surface area contributed by atoms with Gasteiger partial charge in [-0.3, -0.25) is 0 Å². The number of nitrogens with zero attached hydrogens (tertiary/aromatic N) is 2. The van der Waals surface area contributed by atoms with E-state index in [1.807, 2.05) is 6.07 Å². The average Bonchev–Trinajstić information content (AvgIpc) is 2.76. The van der Waals surface area contributed by atoms with Crippen LogP contribution in [-0.4, -0.2) is 9.55 Å². The molecule has 0 aliphatic carbocycles. The number of hydrogen-bond acceptors (Lipinski definition) is 1. The Bertz CT molecular complexity index is 738. The van der Waals surface area contributed by atoms with Crippen LogP contribution in [0.25, 0.3) is 22.4 Å². The first-order chi connectivity index (χ1) is 9.20. The number of aryl methyl sites for hydroxylation is 3. The van der Waals surface area contributed by atoms with Crippen molar-refractivity contribution in [2.45, 2.75) is 27.3 Å². The molecule has 19 heavy (non-hydrogen) atoms. The third-order valence-corrected chi connectivity index (χ3v) is 3.59. The molecule has 0 saturated carbocycles. The van der Waals surface area contributed by atoms with Crippen LogP contribution in [0.1, 0.15) is 18.1 Å². The Kier molecular flexibility index (Phi) is 2.86. The molecule has 0 spiro atoms. The topological polar surface area (TPSA) is 17.8 Å². The Morgan fingerprint density at radius 3 is 2.58 bits per heavy atom. The highest BCUT2D eigenvalue weighted by Crippen LogP contribution is 2.27. The lowest BCUT2D eigenvalue weighted by Gasteiger charge is -2.09. The second-order valence-corrected chi connectivity index (χ2v) is 4.99. The zero-order valence-corrected chi connectivity index (χ0v) is 11.6. The summed E-state index contributed by atoms with van der Waals surface area (Å²) in [5.74, 6) is 1.07. The minimum Gasteiger partial charge on any atom is -0.324 e. The lowest BCUT2D eigenvalue weighted by atomic mass is 10.1. The molecule has 0 radical (unpaired) electrons. The van der Waals surface area contributed by atoms with Crippen LogP contribution in [0, 0.1) is 13.8 Å². The molecule has 2 nitrogen and oxygen atoms in total. The van der Waals surface area contributed by atoms with Gasteiger partial charge in [0.1, 0.15) is 5.82 Å². The van der Waals surface area contributed by atoms with Gasteiger partial charge in [0, 0.05) is 12.1 Å². The Balaban J connectivity index is 2.30. The zero-order chi connectivity index (χ0) is 13.4. The summed E-state index contributed by atoms with van der Waals surface area (Å²) in [5.41, 5.74) is 6.08. The zero-order valence-electron chi connectivity index (χ0n) is 11.6. The highest BCUT2D eigenvalue weighted by Gasteiger charge is 2.12. The first-order valence-corrected chi connectivity index (χ1v) is 6.73. The van der Waals surface area contributed by atoms with Crippen LogP contribution in [0.5, 0.6) is 0 Å². The van der Waals surface area contributed by atoms with Gasteiger partial charge in [-0.1, -0.05) is 35.9 Å². The summed E-state index contributed by atoms with van der Waals surface area (Å²) in [6.45, 7) is 7.38. The SMILES string of the molecule is CCn1c(-c2ccc(C)cc2C)nc2ccccc21. The van der Waals surface area contributed by atoms with Crippen molar-refractivity contribution in [3.63, 3.8) is 0 Å². The van der Waals surface area contributed by atoms with Gasteiger partial charge in [0.15, 0.2) is 0 Å². The fourth-order valence-electron chi connectivity index (χ4n) is 2.67. The number of para-hydroxylation sites is 2. The Morgan fingerprint density at radius 1 is 1.05 bits per heavy atom. The fourth-order valence-corrected chi connectivity index (χ4v) is 2.67. The van der Waals surface area contributed by atoms with E-state index in [0.29, 0.717) is 0 Å². The second kappa shape index (κ2) is 4.54. The summed E-state index contributed by atoms with van der Waals surface area (Å²) in [6, 6.07) is 14.9. The number of benzene rings is 2. The van der Waals surface area contributed by atoms with Gasteiger partial charge in [0.05, 0.1) is 11.0 Å². The maximum absolute atomic E-state index is 4.81. The molecule has 96 valence electrons. The van der Waals surface area contributed by atoms with Gasteiger partial charge in [-0.2, -0.15) is 0 Å². The van der Waals surface area contributed by atoms with E-state index < -0.39 is 0 Å². The molecule has 0 aliphatic heterocycles. The molecule has 0 amide bonds. The highest BCUT2D eigenvalue weighted by molar-refractivity contribution is 5.81. The fraction of sp³-hybridized carbons (Fsp3) is 0.235. The summed E-state index contributed by atoms with van der Waals surface area (Å²) in [7, 11) is 0. The minimum absolute atomic E-state index is 0.934. The van der Waals surface area contributed by atoms with E-state index in [2.05, 4.69) is 61.7 Å². The Morgan fingerprint density at radius 2 is 1.84 bits per heavy atom. The number of rotatable bonds is 2. The molecule has 0 saturated heterocycles. The molecule has 2 aromatic carbocycles. The van der Waals surface area contributed by atoms with Gasteiger partial charge in [-0.25, -0.2) is 4.98 Å². The van der Waals surface area contributed by atoms with Crippen molar-refractivity contribution >= 4 is 11.0 Å². The van der Waals surface area contributed by atoms with Crippen molar-refractivity contribution in [2.75, 3.05) is 0 Å². The molecule has 0 unspecified atom stereocenters. The Labute approximate surface area is 113 Å². The minimum atomic E-state index is 0.934. The first kappa shape index (κ1) is 12.0. The molecule has 3 rings (SSSR count). The second-order valence-electron chi connectivity index (χ2n) is 4.99. The summed E-state index contributed by atoms with van der Waals surface area (Å²) in [4.78, 5) is 4.81. The Hall–Kier alpha value is -2.09. The van der Waals surface area contributed by atoms with Gasteiger partial charge < -0.3 is 4.57 Å². The van der Waals surface area contributed by atoms with E-state index in [9.17, 15) is 0 Å².